The SMILES string of the molecule is Cc1ccc(Oc2cc(NN)nc(C(C)C)n2)cn1. The molecule has 19 heavy (non-hydrogen) atoms. The van der Waals surface area contributed by atoms with E-state index in [1.807, 2.05) is 32.9 Å². The van der Waals surface area contributed by atoms with E-state index in [9.17, 15) is 0 Å². The molecule has 0 amide bonds. The monoisotopic (exact) mass is 259 g/mol. The molecule has 0 aliphatic heterocycles. The summed E-state index contributed by atoms with van der Waals surface area (Å²) in [5.41, 5.74) is 3.44. The molecule has 2 heterocycles. The number of aromatic nitrogens is 3. The maximum Gasteiger partial charge on any atom is 0.224 e. The highest BCUT2D eigenvalue weighted by Gasteiger charge is 2.09. The predicted molar refractivity (Wildman–Crippen MR) is 73.0 cm³/mol. The fraction of sp³-hybridized carbons (Fsp3) is 0.308. The highest BCUT2D eigenvalue weighted by molar-refractivity contribution is 5.39. The van der Waals surface area contributed by atoms with Crippen molar-refractivity contribution in [3.8, 4) is 11.6 Å². The first kappa shape index (κ1) is 13.2. The molecule has 2 aromatic heterocycles. The Balaban J connectivity index is 2.28. The van der Waals surface area contributed by atoms with Gasteiger partial charge in [-0.15, -0.1) is 0 Å². The molecule has 0 saturated heterocycles. The summed E-state index contributed by atoms with van der Waals surface area (Å²) < 4.78 is 5.66. The minimum Gasteiger partial charge on any atom is -0.437 e. The molecule has 0 atom stereocenters. The van der Waals surface area contributed by atoms with Gasteiger partial charge in [0, 0.05) is 17.7 Å². The van der Waals surface area contributed by atoms with E-state index in [2.05, 4.69) is 20.4 Å². The van der Waals surface area contributed by atoms with Crippen molar-refractivity contribution < 1.29 is 4.74 Å². The zero-order chi connectivity index (χ0) is 13.8. The van der Waals surface area contributed by atoms with Crippen molar-refractivity contribution >= 4 is 5.82 Å². The first-order valence-electron chi connectivity index (χ1n) is 6.04. The number of hydrazine groups is 1. The average Bonchev–Trinajstić information content (AvgIpc) is 2.41. The molecule has 0 bridgehead atoms. The van der Waals surface area contributed by atoms with Crippen LogP contribution in [0, 0.1) is 6.92 Å². The topological polar surface area (TPSA) is 86.0 Å². The van der Waals surface area contributed by atoms with E-state index >= 15 is 0 Å². The number of nitrogens with zero attached hydrogens (tertiary/aromatic N) is 3. The molecule has 0 fully saturated rings. The number of nitrogen functional groups attached to an aromatic ring is 1. The van der Waals surface area contributed by atoms with Crippen molar-refractivity contribution in [2.75, 3.05) is 5.43 Å². The molecule has 100 valence electrons. The van der Waals surface area contributed by atoms with Gasteiger partial charge in [-0.05, 0) is 19.1 Å². The lowest BCUT2D eigenvalue weighted by Crippen LogP contribution is -2.11. The molecule has 0 saturated carbocycles. The van der Waals surface area contributed by atoms with Crippen LogP contribution in [0.3, 0.4) is 0 Å². The molecular formula is C13H17N5O. The van der Waals surface area contributed by atoms with Crippen LogP contribution < -0.4 is 16.0 Å². The summed E-state index contributed by atoms with van der Waals surface area (Å²) in [6.45, 7) is 5.93. The zero-order valence-corrected chi connectivity index (χ0v) is 11.2. The van der Waals surface area contributed by atoms with Gasteiger partial charge in [0.2, 0.25) is 5.88 Å². The van der Waals surface area contributed by atoms with Crippen molar-refractivity contribution in [1.29, 1.82) is 0 Å². The zero-order valence-electron chi connectivity index (χ0n) is 11.2. The van der Waals surface area contributed by atoms with Crippen LogP contribution in [0.15, 0.2) is 24.4 Å². The number of nitrogens with one attached hydrogen (secondary N) is 1. The third kappa shape index (κ3) is 3.38. The number of pyridine rings is 1. The molecule has 6 heteroatoms. The first-order valence-corrected chi connectivity index (χ1v) is 6.04. The van der Waals surface area contributed by atoms with Crippen LogP contribution in [-0.2, 0) is 0 Å². The van der Waals surface area contributed by atoms with E-state index < -0.39 is 0 Å². The minimum atomic E-state index is 0.187. The largest absolute Gasteiger partial charge is 0.437 e. The number of aryl methyl sites for hydroxylation is 1. The third-order valence-electron chi connectivity index (χ3n) is 2.49. The van der Waals surface area contributed by atoms with Crippen LogP contribution in [0.25, 0.3) is 0 Å². The summed E-state index contributed by atoms with van der Waals surface area (Å²) in [5, 5.41) is 0. The van der Waals surface area contributed by atoms with Gasteiger partial charge in [0.25, 0.3) is 0 Å². The van der Waals surface area contributed by atoms with Crippen LogP contribution in [0.2, 0.25) is 0 Å². The van der Waals surface area contributed by atoms with Gasteiger partial charge < -0.3 is 10.2 Å². The highest BCUT2D eigenvalue weighted by atomic mass is 16.5. The van der Waals surface area contributed by atoms with Gasteiger partial charge in [-0.3, -0.25) is 4.98 Å². The lowest BCUT2D eigenvalue weighted by molar-refractivity contribution is 0.455. The van der Waals surface area contributed by atoms with Crippen LogP contribution in [0.4, 0.5) is 5.82 Å². The molecule has 2 aromatic rings. The van der Waals surface area contributed by atoms with Gasteiger partial charge in [0.15, 0.2) is 0 Å². The maximum absolute atomic E-state index is 5.66. The Bertz CT molecular complexity index is 553. The summed E-state index contributed by atoms with van der Waals surface area (Å²) >= 11 is 0. The Kier molecular flexibility index (Phi) is 3.91. The second-order valence-corrected chi connectivity index (χ2v) is 4.49. The smallest absolute Gasteiger partial charge is 0.224 e. The Hall–Kier alpha value is -2.21. The predicted octanol–water partition coefficient (Wildman–Crippen LogP) is 2.38. The number of rotatable bonds is 4. The fourth-order valence-electron chi connectivity index (χ4n) is 1.46. The molecule has 2 rings (SSSR count). The van der Waals surface area contributed by atoms with Crippen LogP contribution in [0.1, 0.15) is 31.3 Å². The highest BCUT2D eigenvalue weighted by Crippen LogP contribution is 2.23. The van der Waals surface area contributed by atoms with E-state index in [0.717, 1.165) is 5.69 Å². The molecule has 3 N–H and O–H groups in total. The lowest BCUT2D eigenvalue weighted by atomic mass is 10.2. The van der Waals surface area contributed by atoms with Crippen molar-refractivity contribution in [3.63, 3.8) is 0 Å². The molecular weight excluding hydrogens is 242 g/mol. The van der Waals surface area contributed by atoms with Crippen LogP contribution in [0.5, 0.6) is 11.6 Å². The van der Waals surface area contributed by atoms with E-state index in [1.54, 1.807) is 12.3 Å². The minimum absolute atomic E-state index is 0.187. The summed E-state index contributed by atoms with van der Waals surface area (Å²) in [6, 6.07) is 5.36. The first-order chi connectivity index (χ1) is 9.08. The Morgan fingerprint density at radius 2 is 2.05 bits per heavy atom. The van der Waals surface area contributed by atoms with Crippen LogP contribution >= 0.6 is 0 Å². The number of ether oxygens (including phenoxy) is 1. The van der Waals surface area contributed by atoms with Gasteiger partial charge in [-0.2, -0.15) is 4.98 Å². The number of hydrogen-bond acceptors (Lipinski definition) is 6. The second kappa shape index (κ2) is 5.62. The summed E-state index contributed by atoms with van der Waals surface area (Å²) in [4.78, 5) is 12.8. The van der Waals surface area contributed by atoms with Crippen molar-refractivity contribution in [3.05, 3.63) is 35.9 Å². The number of nitrogens with two attached hydrogens (primary N) is 1. The number of hydrogen-bond donors (Lipinski definition) is 2. The van der Waals surface area contributed by atoms with E-state index in [1.165, 1.54) is 0 Å². The van der Waals surface area contributed by atoms with Crippen LogP contribution in [-0.4, -0.2) is 15.0 Å². The van der Waals surface area contributed by atoms with E-state index in [0.29, 0.717) is 23.3 Å². The van der Waals surface area contributed by atoms with Gasteiger partial charge >= 0.3 is 0 Å². The quantitative estimate of drug-likeness (QED) is 0.647. The molecule has 0 aliphatic carbocycles. The summed E-state index contributed by atoms with van der Waals surface area (Å²) in [5.74, 6) is 7.84. The molecule has 6 nitrogen and oxygen atoms in total. The Morgan fingerprint density at radius 3 is 2.63 bits per heavy atom. The molecule has 0 spiro atoms. The average molecular weight is 259 g/mol. The van der Waals surface area contributed by atoms with E-state index in [-0.39, 0.29) is 5.92 Å². The second-order valence-electron chi connectivity index (χ2n) is 4.49. The fourth-order valence-corrected chi connectivity index (χ4v) is 1.46. The van der Waals surface area contributed by atoms with Crippen molar-refractivity contribution in [1.82, 2.24) is 15.0 Å². The van der Waals surface area contributed by atoms with Crippen molar-refractivity contribution in [2.24, 2.45) is 5.84 Å². The standard InChI is InChI=1S/C13H17N5O/c1-8(2)13-16-11(18-14)6-12(17-13)19-10-5-4-9(3)15-7-10/h4-8H,14H2,1-3H3,(H,16,17,18). The molecule has 0 radical (unpaired) electrons. The summed E-state index contributed by atoms with van der Waals surface area (Å²) in [7, 11) is 0. The van der Waals surface area contributed by atoms with Gasteiger partial charge in [0.1, 0.15) is 17.4 Å². The molecule has 0 aromatic carbocycles. The Labute approximate surface area is 112 Å². The lowest BCUT2D eigenvalue weighted by Gasteiger charge is -2.10. The molecule has 0 aliphatic rings. The number of anilines is 1. The normalized spacial score (nSPS) is 10.6. The van der Waals surface area contributed by atoms with Gasteiger partial charge in [0.05, 0.1) is 6.20 Å². The van der Waals surface area contributed by atoms with E-state index in [4.69, 9.17) is 10.6 Å². The van der Waals surface area contributed by atoms with Gasteiger partial charge in [-0.1, -0.05) is 13.8 Å². The van der Waals surface area contributed by atoms with Crippen molar-refractivity contribution in [2.45, 2.75) is 26.7 Å². The molecule has 0 unspecified atom stereocenters. The maximum atomic E-state index is 5.66. The van der Waals surface area contributed by atoms with Gasteiger partial charge in [-0.25, -0.2) is 10.8 Å². The third-order valence-corrected chi connectivity index (χ3v) is 2.49. The summed E-state index contributed by atoms with van der Waals surface area (Å²) in [6.07, 6.45) is 1.65. The Morgan fingerprint density at radius 1 is 1.26 bits per heavy atom.